The Bertz CT molecular complexity index is 343. The van der Waals surface area contributed by atoms with E-state index < -0.39 is 0 Å². The SMILES string of the molecule is CCCCCCCCCCCCCCCCCCCCCCCCCCCCCCCCCCCCCC.O. The molecule has 2 N–H and O–H groups in total. The molecule has 0 aromatic carbocycles. The second kappa shape index (κ2) is 40.1. The van der Waals surface area contributed by atoms with Crippen LogP contribution in [0.2, 0.25) is 0 Å². The lowest BCUT2D eigenvalue weighted by molar-refractivity contribution is 0.510. The van der Waals surface area contributed by atoms with Gasteiger partial charge < -0.3 is 5.48 Å². The highest BCUT2D eigenvalue weighted by molar-refractivity contribution is 4.53. The number of rotatable bonds is 35. The highest BCUT2D eigenvalue weighted by Gasteiger charge is 1.97. The summed E-state index contributed by atoms with van der Waals surface area (Å²) in [6.07, 6.45) is 53.4. The van der Waals surface area contributed by atoms with Gasteiger partial charge in [-0.2, -0.15) is 0 Å². The third-order valence-corrected chi connectivity index (χ3v) is 8.96. The fourth-order valence-electron chi connectivity index (χ4n) is 6.16. The van der Waals surface area contributed by atoms with Crippen molar-refractivity contribution in [3.8, 4) is 0 Å². The van der Waals surface area contributed by atoms with Gasteiger partial charge in [0.25, 0.3) is 0 Å². The van der Waals surface area contributed by atoms with Crippen molar-refractivity contribution in [3.05, 3.63) is 0 Å². The zero-order chi connectivity index (χ0) is 27.5. The van der Waals surface area contributed by atoms with Crippen LogP contribution in [0.3, 0.4) is 0 Å². The third-order valence-electron chi connectivity index (χ3n) is 8.96. The maximum absolute atomic E-state index is 2.31. The summed E-state index contributed by atoms with van der Waals surface area (Å²) in [5, 5.41) is 0. The molecule has 0 aliphatic carbocycles. The van der Waals surface area contributed by atoms with Crippen molar-refractivity contribution in [1.82, 2.24) is 0 Å². The van der Waals surface area contributed by atoms with Crippen LogP contribution in [0.1, 0.15) is 245 Å². The number of unbranched alkanes of at least 4 members (excludes halogenated alkanes) is 35. The molecule has 0 unspecified atom stereocenters. The molecule has 0 bridgehead atoms. The Morgan fingerprint density at radius 3 is 0.308 bits per heavy atom. The van der Waals surface area contributed by atoms with Gasteiger partial charge in [0.1, 0.15) is 0 Å². The topological polar surface area (TPSA) is 31.5 Å². The van der Waals surface area contributed by atoms with Gasteiger partial charge in [-0.3, -0.25) is 0 Å². The van der Waals surface area contributed by atoms with E-state index in [2.05, 4.69) is 13.8 Å². The van der Waals surface area contributed by atoms with Gasteiger partial charge in [-0.05, 0) is 0 Å². The minimum absolute atomic E-state index is 0. The van der Waals surface area contributed by atoms with Crippen molar-refractivity contribution >= 4 is 0 Å². The largest absolute Gasteiger partial charge is 0.412 e. The predicted octanol–water partition coefficient (Wildman–Crippen LogP) is 14.2. The van der Waals surface area contributed by atoms with Gasteiger partial charge in [-0.15, -0.1) is 0 Å². The molecule has 0 aliphatic rings. The van der Waals surface area contributed by atoms with Gasteiger partial charge in [0.15, 0.2) is 0 Å². The van der Waals surface area contributed by atoms with E-state index in [9.17, 15) is 0 Å². The molecule has 0 rings (SSSR count). The van der Waals surface area contributed by atoms with Gasteiger partial charge in [-0.25, -0.2) is 0 Å². The van der Waals surface area contributed by atoms with Gasteiger partial charge in [0.05, 0.1) is 0 Å². The summed E-state index contributed by atoms with van der Waals surface area (Å²) in [4.78, 5) is 0. The Labute approximate surface area is 250 Å². The minimum atomic E-state index is 0. The summed E-state index contributed by atoms with van der Waals surface area (Å²) in [6, 6.07) is 0. The fraction of sp³-hybridized carbons (Fsp3) is 1.00. The van der Waals surface area contributed by atoms with E-state index in [1.165, 1.54) is 231 Å². The van der Waals surface area contributed by atoms with E-state index >= 15 is 0 Å². The van der Waals surface area contributed by atoms with E-state index in [0.717, 1.165) is 0 Å². The van der Waals surface area contributed by atoms with Gasteiger partial charge in [-0.1, -0.05) is 245 Å². The van der Waals surface area contributed by atoms with Crippen LogP contribution < -0.4 is 0 Å². The van der Waals surface area contributed by atoms with E-state index in [1.54, 1.807) is 0 Å². The number of hydrogen-bond donors (Lipinski definition) is 0. The molecule has 0 aliphatic heterocycles. The van der Waals surface area contributed by atoms with Gasteiger partial charge in [0.2, 0.25) is 0 Å². The Balaban J connectivity index is 0. The van der Waals surface area contributed by atoms with Crippen LogP contribution in [-0.2, 0) is 0 Å². The van der Waals surface area contributed by atoms with Crippen LogP contribution in [0.25, 0.3) is 0 Å². The summed E-state index contributed by atoms with van der Waals surface area (Å²) in [7, 11) is 0. The molecule has 0 radical (unpaired) electrons. The molecule has 0 saturated carbocycles. The van der Waals surface area contributed by atoms with Crippen LogP contribution >= 0.6 is 0 Å². The molecule has 0 aromatic heterocycles. The maximum Gasteiger partial charge on any atom is -0.0533 e. The summed E-state index contributed by atoms with van der Waals surface area (Å²) < 4.78 is 0. The first kappa shape index (κ1) is 41.1. The Morgan fingerprint density at radius 2 is 0.231 bits per heavy atom. The Morgan fingerprint density at radius 1 is 0.154 bits per heavy atom. The van der Waals surface area contributed by atoms with E-state index in [4.69, 9.17) is 0 Å². The van der Waals surface area contributed by atoms with Crippen LogP contribution in [0.4, 0.5) is 0 Å². The van der Waals surface area contributed by atoms with Crippen LogP contribution in [0, 0.1) is 0 Å². The van der Waals surface area contributed by atoms with E-state index in [0.29, 0.717) is 0 Å². The van der Waals surface area contributed by atoms with Crippen molar-refractivity contribution in [2.75, 3.05) is 0 Å². The fourth-order valence-corrected chi connectivity index (χ4v) is 6.16. The lowest BCUT2D eigenvalue weighted by atomic mass is 10.0. The second-order valence-electron chi connectivity index (χ2n) is 13.0. The van der Waals surface area contributed by atoms with Crippen molar-refractivity contribution in [2.45, 2.75) is 245 Å². The van der Waals surface area contributed by atoms with Crippen molar-refractivity contribution < 1.29 is 5.48 Å². The van der Waals surface area contributed by atoms with Crippen LogP contribution in [0.15, 0.2) is 0 Å². The highest BCUT2D eigenvalue weighted by atomic mass is 16.0. The lowest BCUT2D eigenvalue weighted by Gasteiger charge is -2.05. The zero-order valence-corrected chi connectivity index (χ0v) is 28.0. The first-order valence-electron chi connectivity index (χ1n) is 18.9. The summed E-state index contributed by atoms with van der Waals surface area (Å²) in [5.74, 6) is 0. The second-order valence-corrected chi connectivity index (χ2v) is 13.0. The molecule has 238 valence electrons. The van der Waals surface area contributed by atoms with E-state index in [1.807, 2.05) is 0 Å². The lowest BCUT2D eigenvalue weighted by Crippen LogP contribution is -1.85. The van der Waals surface area contributed by atoms with E-state index in [-0.39, 0.29) is 5.48 Å². The third kappa shape index (κ3) is 40.2. The normalized spacial score (nSPS) is 11.2. The standard InChI is InChI=1S/C38H78.H2O/c1-3-5-7-9-11-13-15-17-19-21-23-25-27-29-31-33-35-37-38-36-34-32-30-28-26-24-22-20-18-16-14-12-10-8-6-4-2;/h3-38H2,1-2H3;1H2. The summed E-state index contributed by atoms with van der Waals surface area (Å²) >= 11 is 0. The maximum atomic E-state index is 2.31. The molecule has 0 fully saturated rings. The Kier molecular flexibility index (Phi) is 42.3. The predicted molar refractivity (Wildman–Crippen MR) is 181 cm³/mol. The van der Waals surface area contributed by atoms with Crippen molar-refractivity contribution in [3.63, 3.8) is 0 Å². The molecular weight excluding hydrogens is 472 g/mol. The average Bonchev–Trinajstić information content (AvgIpc) is 2.93. The van der Waals surface area contributed by atoms with Crippen LogP contribution in [-0.4, -0.2) is 5.48 Å². The van der Waals surface area contributed by atoms with Gasteiger partial charge >= 0.3 is 0 Å². The molecule has 0 aromatic rings. The molecule has 0 spiro atoms. The molecule has 39 heavy (non-hydrogen) atoms. The van der Waals surface area contributed by atoms with Crippen LogP contribution in [0.5, 0.6) is 0 Å². The first-order valence-corrected chi connectivity index (χ1v) is 18.9. The minimum Gasteiger partial charge on any atom is -0.412 e. The molecule has 0 atom stereocenters. The Hall–Kier alpha value is -0.0400. The zero-order valence-electron chi connectivity index (χ0n) is 28.0. The van der Waals surface area contributed by atoms with Crippen molar-refractivity contribution in [1.29, 1.82) is 0 Å². The summed E-state index contributed by atoms with van der Waals surface area (Å²) in [6.45, 7) is 4.62. The molecule has 1 nitrogen and oxygen atoms in total. The molecule has 0 amide bonds. The van der Waals surface area contributed by atoms with Gasteiger partial charge in [0, 0.05) is 0 Å². The molecular formula is C38H80O. The quantitative estimate of drug-likeness (QED) is 0.0700. The average molecular weight is 553 g/mol. The molecule has 0 heterocycles. The first-order chi connectivity index (χ1) is 18.9. The highest BCUT2D eigenvalue weighted by Crippen LogP contribution is 2.17. The number of hydrogen-bond acceptors (Lipinski definition) is 0. The van der Waals surface area contributed by atoms with Crippen molar-refractivity contribution in [2.24, 2.45) is 0 Å². The smallest absolute Gasteiger partial charge is 0.0533 e. The summed E-state index contributed by atoms with van der Waals surface area (Å²) in [5.41, 5.74) is 0. The molecule has 0 saturated heterocycles. The monoisotopic (exact) mass is 553 g/mol. The molecule has 1 heteroatoms.